The monoisotopic (exact) mass is 262 g/mol. The number of halogens is 1. The minimum Gasteiger partial charge on any atom is -0.481 e. The van der Waals surface area contributed by atoms with Crippen LogP contribution in [0.3, 0.4) is 0 Å². The molecule has 0 saturated heterocycles. The number of carbonyl (C=O) groups is 1. The lowest BCUT2D eigenvalue weighted by Gasteiger charge is -2.01. The summed E-state index contributed by atoms with van der Waals surface area (Å²) in [4.78, 5) is 10.6. The van der Waals surface area contributed by atoms with Crippen LogP contribution >= 0.6 is 0 Å². The van der Waals surface area contributed by atoms with Crippen LogP contribution in [0.5, 0.6) is 0 Å². The molecule has 0 aliphatic carbocycles. The van der Waals surface area contributed by atoms with E-state index in [0.717, 1.165) is 11.3 Å². The molecule has 4 nitrogen and oxygen atoms in total. The van der Waals surface area contributed by atoms with Gasteiger partial charge < -0.3 is 5.11 Å². The second kappa shape index (κ2) is 5.22. The third kappa shape index (κ3) is 2.65. The molecule has 0 amide bonds. The van der Waals surface area contributed by atoms with E-state index in [1.54, 1.807) is 29.9 Å². The van der Waals surface area contributed by atoms with E-state index in [0.29, 0.717) is 17.7 Å². The van der Waals surface area contributed by atoms with Crippen LogP contribution in [-0.4, -0.2) is 20.9 Å². The smallest absolute Gasteiger partial charge is 0.303 e. The molecular formula is C14H15FN2O2. The molecule has 0 spiro atoms. The fraction of sp³-hybridized carbons (Fsp3) is 0.286. The summed E-state index contributed by atoms with van der Waals surface area (Å²) in [5, 5.41) is 13.0. The van der Waals surface area contributed by atoms with Crippen molar-refractivity contribution in [1.82, 2.24) is 9.78 Å². The van der Waals surface area contributed by atoms with Crippen molar-refractivity contribution in [2.45, 2.75) is 19.8 Å². The van der Waals surface area contributed by atoms with Gasteiger partial charge in [0.05, 0.1) is 12.1 Å². The lowest BCUT2D eigenvalue weighted by Crippen LogP contribution is -2.03. The third-order valence-electron chi connectivity index (χ3n) is 3.13. The summed E-state index contributed by atoms with van der Waals surface area (Å²) in [5.74, 6) is -1.18. The normalized spacial score (nSPS) is 10.7. The third-order valence-corrected chi connectivity index (χ3v) is 3.13. The van der Waals surface area contributed by atoms with Gasteiger partial charge in [0.15, 0.2) is 0 Å². The lowest BCUT2D eigenvalue weighted by molar-refractivity contribution is -0.136. The molecule has 100 valence electrons. The molecule has 5 heteroatoms. The molecule has 19 heavy (non-hydrogen) atoms. The Bertz CT molecular complexity index is 620. The van der Waals surface area contributed by atoms with E-state index in [2.05, 4.69) is 5.10 Å². The summed E-state index contributed by atoms with van der Waals surface area (Å²) in [6, 6.07) is 6.44. The van der Waals surface area contributed by atoms with Crippen molar-refractivity contribution in [3.8, 4) is 11.3 Å². The van der Waals surface area contributed by atoms with Gasteiger partial charge in [-0.3, -0.25) is 9.48 Å². The summed E-state index contributed by atoms with van der Waals surface area (Å²) in [7, 11) is 1.74. The average Bonchev–Trinajstić information content (AvgIpc) is 2.63. The average molecular weight is 262 g/mol. The molecule has 0 aliphatic rings. The van der Waals surface area contributed by atoms with Gasteiger partial charge >= 0.3 is 5.97 Å². The van der Waals surface area contributed by atoms with Crippen molar-refractivity contribution in [1.29, 1.82) is 0 Å². The van der Waals surface area contributed by atoms with Crippen LogP contribution in [0.1, 0.15) is 17.7 Å². The Morgan fingerprint density at radius 2 is 2.11 bits per heavy atom. The van der Waals surface area contributed by atoms with Crippen LogP contribution in [-0.2, 0) is 18.3 Å². The first kappa shape index (κ1) is 13.3. The van der Waals surface area contributed by atoms with Gasteiger partial charge in [0, 0.05) is 24.7 Å². The highest BCUT2D eigenvalue weighted by Gasteiger charge is 2.16. The van der Waals surface area contributed by atoms with Crippen LogP contribution < -0.4 is 0 Å². The van der Waals surface area contributed by atoms with Gasteiger partial charge in [0.25, 0.3) is 0 Å². The maximum atomic E-state index is 13.8. The molecule has 0 radical (unpaired) electrons. The Kier molecular flexibility index (Phi) is 3.64. The van der Waals surface area contributed by atoms with E-state index in [4.69, 9.17) is 5.11 Å². The van der Waals surface area contributed by atoms with Crippen LogP contribution in [0.15, 0.2) is 24.3 Å². The lowest BCUT2D eigenvalue weighted by atomic mass is 10.0. The number of aliphatic carboxylic acids is 1. The SMILES string of the molecule is Cc1c(-c2ccccc2F)nn(C)c1CCC(=O)O. The molecule has 0 fully saturated rings. The maximum Gasteiger partial charge on any atom is 0.303 e. The number of aryl methyl sites for hydroxylation is 1. The summed E-state index contributed by atoms with van der Waals surface area (Å²) >= 11 is 0. The molecule has 0 bridgehead atoms. The first-order valence-electron chi connectivity index (χ1n) is 6.00. The summed E-state index contributed by atoms with van der Waals surface area (Å²) in [6.45, 7) is 1.84. The summed E-state index contributed by atoms with van der Waals surface area (Å²) < 4.78 is 15.4. The predicted octanol–water partition coefficient (Wildman–Crippen LogP) is 2.55. The molecular weight excluding hydrogens is 247 g/mol. The second-order valence-electron chi connectivity index (χ2n) is 4.42. The van der Waals surface area contributed by atoms with E-state index in [1.165, 1.54) is 6.07 Å². The Hall–Kier alpha value is -2.17. The van der Waals surface area contributed by atoms with E-state index in [1.807, 2.05) is 6.92 Å². The second-order valence-corrected chi connectivity index (χ2v) is 4.42. The van der Waals surface area contributed by atoms with Crippen LogP contribution in [0.2, 0.25) is 0 Å². The van der Waals surface area contributed by atoms with Gasteiger partial charge in [-0.05, 0) is 24.6 Å². The van der Waals surface area contributed by atoms with Gasteiger partial charge in [-0.1, -0.05) is 12.1 Å². The number of benzene rings is 1. The molecule has 0 aliphatic heterocycles. The number of rotatable bonds is 4. The molecule has 2 rings (SSSR count). The van der Waals surface area contributed by atoms with E-state index in [-0.39, 0.29) is 12.2 Å². The van der Waals surface area contributed by atoms with Gasteiger partial charge in [-0.15, -0.1) is 0 Å². The zero-order valence-electron chi connectivity index (χ0n) is 10.9. The first-order valence-corrected chi connectivity index (χ1v) is 6.00. The van der Waals surface area contributed by atoms with Gasteiger partial charge in [0.2, 0.25) is 0 Å². The standard InChI is InChI=1S/C14H15FN2O2/c1-9-12(7-8-13(18)19)17(2)16-14(9)10-5-3-4-6-11(10)15/h3-6H,7-8H2,1-2H3,(H,18,19). The van der Waals surface area contributed by atoms with Gasteiger partial charge in [-0.25, -0.2) is 4.39 Å². The van der Waals surface area contributed by atoms with Gasteiger partial charge in [-0.2, -0.15) is 5.10 Å². The minimum absolute atomic E-state index is 0.0388. The Morgan fingerprint density at radius 1 is 1.42 bits per heavy atom. The van der Waals surface area contributed by atoms with Crippen LogP contribution in [0.25, 0.3) is 11.3 Å². The van der Waals surface area contributed by atoms with E-state index >= 15 is 0 Å². The quantitative estimate of drug-likeness (QED) is 0.921. The summed E-state index contributed by atoms with van der Waals surface area (Å²) in [6.07, 6.45) is 0.427. The number of nitrogens with zero attached hydrogens (tertiary/aromatic N) is 2. The Labute approximate surface area is 110 Å². The molecule has 0 unspecified atom stereocenters. The Morgan fingerprint density at radius 3 is 2.74 bits per heavy atom. The minimum atomic E-state index is -0.854. The Balaban J connectivity index is 2.41. The largest absolute Gasteiger partial charge is 0.481 e. The topological polar surface area (TPSA) is 55.1 Å². The van der Waals surface area contributed by atoms with Crippen molar-refractivity contribution in [3.05, 3.63) is 41.3 Å². The molecule has 1 aromatic carbocycles. The predicted molar refractivity (Wildman–Crippen MR) is 69.3 cm³/mol. The molecule has 1 N–H and O–H groups in total. The van der Waals surface area contributed by atoms with Crippen LogP contribution in [0.4, 0.5) is 4.39 Å². The highest BCUT2D eigenvalue weighted by molar-refractivity contribution is 5.68. The summed E-state index contributed by atoms with van der Waals surface area (Å²) in [5.41, 5.74) is 2.66. The highest BCUT2D eigenvalue weighted by atomic mass is 19.1. The first-order chi connectivity index (χ1) is 9.00. The zero-order valence-corrected chi connectivity index (χ0v) is 10.9. The molecule has 2 aromatic rings. The number of aromatic nitrogens is 2. The van der Waals surface area contributed by atoms with Crippen molar-refractivity contribution < 1.29 is 14.3 Å². The van der Waals surface area contributed by atoms with Crippen molar-refractivity contribution in [3.63, 3.8) is 0 Å². The molecule has 1 heterocycles. The fourth-order valence-electron chi connectivity index (χ4n) is 2.15. The van der Waals surface area contributed by atoms with Crippen LogP contribution in [0, 0.1) is 12.7 Å². The fourth-order valence-corrected chi connectivity index (χ4v) is 2.15. The molecule has 1 aromatic heterocycles. The molecule has 0 saturated carbocycles. The number of carboxylic acids is 1. The van der Waals surface area contributed by atoms with Gasteiger partial charge in [0.1, 0.15) is 5.82 Å². The van der Waals surface area contributed by atoms with Crippen molar-refractivity contribution in [2.24, 2.45) is 7.05 Å². The van der Waals surface area contributed by atoms with E-state index < -0.39 is 5.97 Å². The zero-order chi connectivity index (χ0) is 14.0. The van der Waals surface area contributed by atoms with Crippen molar-refractivity contribution >= 4 is 5.97 Å². The van der Waals surface area contributed by atoms with E-state index in [9.17, 15) is 9.18 Å². The number of carboxylic acid groups (broad SMARTS) is 1. The molecule has 0 atom stereocenters. The number of hydrogen-bond donors (Lipinski definition) is 1. The van der Waals surface area contributed by atoms with Crippen molar-refractivity contribution in [2.75, 3.05) is 0 Å². The highest BCUT2D eigenvalue weighted by Crippen LogP contribution is 2.27. The maximum absolute atomic E-state index is 13.8. The number of hydrogen-bond acceptors (Lipinski definition) is 2.